The summed E-state index contributed by atoms with van der Waals surface area (Å²) >= 11 is 0. The van der Waals surface area contributed by atoms with Crippen LogP contribution < -0.4 is 5.73 Å². The fourth-order valence-electron chi connectivity index (χ4n) is 1.82. The van der Waals surface area contributed by atoms with Gasteiger partial charge in [-0.2, -0.15) is 0 Å². The van der Waals surface area contributed by atoms with Crippen LogP contribution in [0.2, 0.25) is 0 Å². The van der Waals surface area contributed by atoms with Crippen LogP contribution in [-0.4, -0.2) is 6.10 Å². The van der Waals surface area contributed by atoms with Crippen LogP contribution in [0.5, 0.6) is 0 Å². The minimum atomic E-state index is 0.261. The summed E-state index contributed by atoms with van der Waals surface area (Å²) in [5.41, 5.74) is 9.47. The first kappa shape index (κ1) is 10.5. The Morgan fingerprint density at radius 2 is 2.13 bits per heavy atom. The molecule has 0 aliphatic heterocycles. The summed E-state index contributed by atoms with van der Waals surface area (Å²) in [6, 6.07) is 6.19. The van der Waals surface area contributed by atoms with Gasteiger partial charge < -0.3 is 10.5 Å². The van der Waals surface area contributed by atoms with Crippen molar-refractivity contribution in [2.45, 2.75) is 45.3 Å². The van der Waals surface area contributed by atoms with Crippen molar-refractivity contribution < 1.29 is 4.74 Å². The van der Waals surface area contributed by atoms with E-state index in [0.29, 0.717) is 6.61 Å². The lowest BCUT2D eigenvalue weighted by Gasteiger charge is -2.14. The Bertz CT molecular complexity index is 342. The van der Waals surface area contributed by atoms with Gasteiger partial charge in [0.2, 0.25) is 0 Å². The molecule has 0 saturated heterocycles. The number of nitrogen functional groups attached to an aromatic ring is 1. The summed E-state index contributed by atoms with van der Waals surface area (Å²) < 4.78 is 5.65. The van der Waals surface area contributed by atoms with Crippen molar-refractivity contribution in [2.24, 2.45) is 0 Å². The Labute approximate surface area is 91.4 Å². The highest BCUT2D eigenvalue weighted by Crippen LogP contribution is 2.43. The van der Waals surface area contributed by atoms with Crippen molar-refractivity contribution in [3.63, 3.8) is 0 Å². The molecular weight excluding hydrogens is 186 g/mol. The Balaban J connectivity index is 2.18. The lowest BCUT2D eigenvalue weighted by molar-refractivity contribution is 0.0656. The van der Waals surface area contributed by atoms with Gasteiger partial charge in [0.1, 0.15) is 0 Å². The van der Waals surface area contributed by atoms with E-state index >= 15 is 0 Å². The van der Waals surface area contributed by atoms with Crippen LogP contribution in [0, 0.1) is 0 Å². The second kappa shape index (κ2) is 4.23. The molecule has 82 valence electrons. The first-order valence-electron chi connectivity index (χ1n) is 5.67. The molecule has 0 aromatic heterocycles. The number of rotatable bonds is 4. The summed E-state index contributed by atoms with van der Waals surface area (Å²) in [6.07, 6.45) is 2.87. The molecule has 0 spiro atoms. The lowest BCUT2D eigenvalue weighted by Crippen LogP contribution is -2.06. The molecule has 2 heteroatoms. The molecule has 2 N–H and O–H groups in total. The molecule has 0 bridgehead atoms. The third kappa shape index (κ3) is 2.51. The van der Waals surface area contributed by atoms with Gasteiger partial charge >= 0.3 is 0 Å². The van der Waals surface area contributed by atoms with Gasteiger partial charge in [0.05, 0.1) is 12.7 Å². The highest BCUT2D eigenvalue weighted by molar-refractivity contribution is 5.52. The average molecular weight is 205 g/mol. The molecule has 1 fully saturated rings. The SMILES string of the molecule is CC(C)OCc1c(N)cccc1C1CC1. The van der Waals surface area contributed by atoms with E-state index in [0.717, 1.165) is 11.6 Å². The molecule has 1 aliphatic carbocycles. The number of ether oxygens (including phenoxy) is 1. The van der Waals surface area contributed by atoms with Crippen LogP contribution in [0.25, 0.3) is 0 Å². The van der Waals surface area contributed by atoms with Gasteiger partial charge in [-0.05, 0) is 44.2 Å². The molecule has 1 saturated carbocycles. The largest absolute Gasteiger partial charge is 0.398 e. The maximum atomic E-state index is 5.99. The van der Waals surface area contributed by atoms with Gasteiger partial charge in [-0.3, -0.25) is 0 Å². The average Bonchev–Trinajstić information content (AvgIpc) is 2.98. The predicted octanol–water partition coefficient (Wildman–Crippen LogP) is 3.07. The molecule has 0 radical (unpaired) electrons. The van der Waals surface area contributed by atoms with Crippen molar-refractivity contribution >= 4 is 5.69 Å². The predicted molar refractivity (Wildman–Crippen MR) is 62.8 cm³/mol. The second-order valence-electron chi connectivity index (χ2n) is 4.55. The lowest BCUT2D eigenvalue weighted by atomic mass is 10.0. The standard InChI is InChI=1S/C13H19NO/c1-9(2)15-8-12-11(10-6-7-10)4-3-5-13(12)14/h3-5,9-10H,6-8,14H2,1-2H3. The summed E-state index contributed by atoms with van der Waals surface area (Å²) in [4.78, 5) is 0. The van der Waals surface area contributed by atoms with E-state index in [1.807, 2.05) is 12.1 Å². The zero-order valence-corrected chi connectivity index (χ0v) is 9.49. The normalized spacial score (nSPS) is 15.9. The van der Waals surface area contributed by atoms with E-state index in [-0.39, 0.29) is 6.10 Å². The van der Waals surface area contributed by atoms with Gasteiger partial charge in [-0.25, -0.2) is 0 Å². The number of hydrogen-bond acceptors (Lipinski definition) is 2. The topological polar surface area (TPSA) is 35.2 Å². The summed E-state index contributed by atoms with van der Waals surface area (Å²) in [6.45, 7) is 4.75. The van der Waals surface area contributed by atoms with Gasteiger partial charge in [0, 0.05) is 11.3 Å². The van der Waals surface area contributed by atoms with Crippen LogP contribution in [0.15, 0.2) is 18.2 Å². The Kier molecular flexibility index (Phi) is 2.96. The van der Waals surface area contributed by atoms with Gasteiger partial charge in [0.25, 0.3) is 0 Å². The number of benzene rings is 1. The number of hydrogen-bond donors (Lipinski definition) is 1. The molecule has 2 nitrogen and oxygen atoms in total. The smallest absolute Gasteiger partial charge is 0.0743 e. The molecule has 2 rings (SSSR count). The Hall–Kier alpha value is -1.02. The molecule has 0 unspecified atom stereocenters. The maximum Gasteiger partial charge on any atom is 0.0743 e. The molecule has 0 atom stereocenters. The van der Waals surface area contributed by atoms with Crippen LogP contribution in [-0.2, 0) is 11.3 Å². The van der Waals surface area contributed by atoms with Crippen molar-refractivity contribution in [3.8, 4) is 0 Å². The van der Waals surface area contributed by atoms with Gasteiger partial charge in [0.15, 0.2) is 0 Å². The molecule has 0 amide bonds. The Morgan fingerprint density at radius 1 is 1.40 bits per heavy atom. The zero-order valence-electron chi connectivity index (χ0n) is 9.49. The van der Waals surface area contributed by atoms with Crippen LogP contribution in [0.4, 0.5) is 5.69 Å². The highest BCUT2D eigenvalue weighted by atomic mass is 16.5. The molecule has 1 aromatic carbocycles. The first-order chi connectivity index (χ1) is 7.18. The fourth-order valence-corrected chi connectivity index (χ4v) is 1.82. The van der Waals surface area contributed by atoms with Crippen molar-refractivity contribution in [2.75, 3.05) is 5.73 Å². The maximum absolute atomic E-state index is 5.99. The summed E-state index contributed by atoms with van der Waals surface area (Å²) in [5.74, 6) is 0.735. The fraction of sp³-hybridized carbons (Fsp3) is 0.538. The Morgan fingerprint density at radius 3 is 2.73 bits per heavy atom. The molecule has 1 aliphatic rings. The minimum absolute atomic E-state index is 0.261. The quantitative estimate of drug-likeness (QED) is 0.767. The van der Waals surface area contributed by atoms with Crippen molar-refractivity contribution in [3.05, 3.63) is 29.3 Å². The van der Waals surface area contributed by atoms with Crippen LogP contribution in [0.1, 0.15) is 43.7 Å². The van der Waals surface area contributed by atoms with E-state index in [9.17, 15) is 0 Å². The van der Waals surface area contributed by atoms with E-state index in [1.54, 1.807) is 0 Å². The highest BCUT2D eigenvalue weighted by Gasteiger charge is 2.26. The second-order valence-corrected chi connectivity index (χ2v) is 4.55. The summed E-state index contributed by atoms with van der Waals surface area (Å²) in [7, 11) is 0. The van der Waals surface area contributed by atoms with E-state index < -0.39 is 0 Å². The third-order valence-electron chi connectivity index (χ3n) is 2.83. The summed E-state index contributed by atoms with van der Waals surface area (Å²) in [5, 5.41) is 0. The molecule has 15 heavy (non-hydrogen) atoms. The minimum Gasteiger partial charge on any atom is -0.398 e. The van der Waals surface area contributed by atoms with Crippen LogP contribution in [0.3, 0.4) is 0 Å². The van der Waals surface area contributed by atoms with E-state index in [4.69, 9.17) is 10.5 Å². The first-order valence-corrected chi connectivity index (χ1v) is 5.67. The van der Waals surface area contributed by atoms with Crippen LogP contribution >= 0.6 is 0 Å². The van der Waals surface area contributed by atoms with Crippen molar-refractivity contribution in [1.82, 2.24) is 0 Å². The van der Waals surface area contributed by atoms with E-state index in [2.05, 4.69) is 19.9 Å². The van der Waals surface area contributed by atoms with Gasteiger partial charge in [-0.15, -0.1) is 0 Å². The molecular formula is C13H19NO. The zero-order chi connectivity index (χ0) is 10.8. The molecule has 0 heterocycles. The number of nitrogens with two attached hydrogens (primary N) is 1. The number of anilines is 1. The monoisotopic (exact) mass is 205 g/mol. The van der Waals surface area contributed by atoms with Crippen molar-refractivity contribution in [1.29, 1.82) is 0 Å². The van der Waals surface area contributed by atoms with E-state index in [1.165, 1.54) is 24.0 Å². The van der Waals surface area contributed by atoms with Gasteiger partial charge in [-0.1, -0.05) is 12.1 Å². The molecule has 1 aromatic rings. The third-order valence-corrected chi connectivity index (χ3v) is 2.83.